The third-order valence-corrected chi connectivity index (χ3v) is 5.50. The number of hydrogen-bond donors (Lipinski definition) is 1. The van der Waals surface area contributed by atoms with E-state index >= 15 is 0 Å². The molecule has 1 N–H and O–H groups in total. The average molecular weight is 308 g/mol. The highest BCUT2D eigenvalue weighted by molar-refractivity contribution is 7.99. The maximum Gasteiger partial charge on any atom is 0.233 e. The first kappa shape index (κ1) is 14.9. The molecule has 1 aromatic heterocycles. The fraction of sp³-hybridized carbons (Fsp3) is 0.800. The largest absolute Gasteiger partial charge is 0.339 e. The van der Waals surface area contributed by atoms with Crippen molar-refractivity contribution in [3.05, 3.63) is 5.82 Å². The first-order chi connectivity index (χ1) is 10.2. The SMILES string of the molecule is CC1CCCCN1C(=O)CSc1n[nH]c(C2CCCC2)n1. The minimum atomic E-state index is 0.222. The van der Waals surface area contributed by atoms with Gasteiger partial charge in [-0.15, -0.1) is 5.10 Å². The molecule has 1 amide bonds. The Labute approximate surface area is 130 Å². The Hall–Kier alpha value is -1.04. The average Bonchev–Trinajstić information content (AvgIpc) is 3.16. The Balaban J connectivity index is 1.51. The Morgan fingerprint density at radius 1 is 1.29 bits per heavy atom. The smallest absolute Gasteiger partial charge is 0.233 e. The summed E-state index contributed by atoms with van der Waals surface area (Å²) in [6.45, 7) is 3.05. The summed E-state index contributed by atoms with van der Waals surface area (Å²) >= 11 is 1.46. The van der Waals surface area contributed by atoms with Crippen molar-refractivity contribution in [3.8, 4) is 0 Å². The number of aromatic nitrogens is 3. The summed E-state index contributed by atoms with van der Waals surface area (Å²) in [7, 11) is 0. The summed E-state index contributed by atoms with van der Waals surface area (Å²) in [5.41, 5.74) is 0. The molecule has 2 heterocycles. The van der Waals surface area contributed by atoms with Crippen molar-refractivity contribution in [3.63, 3.8) is 0 Å². The number of H-pyrrole nitrogens is 1. The molecule has 3 rings (SSSR count). The number of rotatable bonds is 4. The molecule has 0 spiro atoms. The van der Waals surface area contributed by atoms with Gasteiger partial charge in [0.2, 0.25) is 11.1 Å². The second-order valence-corrected chi connectivity index (χ2v) is 7.15. The number of hydrogen-bond acceptors (Lipinski definition) is 4. The Bertz CT molecular complexity index is 484. The minimum Gasteiger partial charge on any atom is -0.339 e. The number of carbonyl (C=O) groups excluding carboxylic acids is 1. The lowest BCUT2D eigenvalue weighted by Gasteiger charge is -2.33. The van der Waals surface area contributed by atoms with Crippen LogP contribution in [0, 0.1) is 0 Å². The van der Waals surface area contributed by atoms with Gasteiger partial charge in [-0.05, 0) is 39.0 Å². The van der Waals surface area contributed by atoms with Crippen LogP contribution < -0.4 is 0 Å². The van der Waals surface area contributed by atoms with Crippen molar-refractivity contribution < 1.29 is 4.79 Å². The zero-order chi connectivity index (χ0) is 14.7. The molecule has 0 radical (unpaired) electrons. The number of nitrogens with zero attached hydrogens (tertiary/aromatic N) is 3. The van der Waals surface area contributed by atoms with Gasteiger partial charge in [0.25, 0.3) is 0 Å². The van der Waals surface area contributed by atoms with Gasteiger partial charge in [-0.25, -0.2) is 4.98 Å². The summed E-state index contributed by atoms with van der Waals surface area (Å²) in [6.07, 6.45) is 8.51. The molecule has 1 saturated carbocycles. The standard InChI is InChI=1S/C15H24N4OS/c1-11-6-4-5-9-19(11)13(20)10-21-15-16-14(17-18-15)12-7-2-3-8-12/h11-12H,2-10H2,1H3,(H,16,17,18). The van der Waals surface area contributed by atoms with Gasteiger partial charge in [0.1, 0.15) is 5.82 Å². The van der Waals surface area contributed by atoms with Crippen molar-refractivity contribution in [2.75, 3.05) is 12.3 Å². The third kappa shape index (κ3) is 3.59. The quantitative estimate of drug-likeness (QED) is 0.869. The molecule has 5 nitrogen and oxygen atoms in total. The molecule has 1 atom stereocenters. The van der Waals surface area contributed by atoms with E-state index in [1.54, 1.807) is 0 Å². The van der Waals surface area contributed by atoms with Crippen LogP contribution in [0.4, 0.5) is 0 Å². The Morgan fingerprint density at radius 2 is 2.05 bits per heavy atom. The summed E-state index contributed by atoms with van der Waals surface area (Å²) in [4.78, 5) is 18.9. The van der Waals surface area contributed by atoms with Crippen LogP contribution in [0.25, 0.3) is 0 Å². The maximum atomic E-state index is 12.3. The monoisotopic (exact) mass is 308 g/mol. The summed E-state index contributed by atoms with van der Waals surface area (Å²) < 4.78 is 0. The van der Waals surface area contributed by atoms with Gasteiger partial charge >= 0.3 is 0 Å². The normalized spacial score (nSPS) is 23.7. The molecule has 6 heteroatoms. The van der Waals surface area contributed by atoms with Gasteiger partial charge < -0.3 is 4.90 Å². The molecule has 0 bridgehead atoms. The second-order valence-electron chi connectivity index (χ2n) is 6.21. The highest BCUT2D eigenvalue weighted by Gasteiger charge is 2.24. The van der Waals surface area contributed by atoms with E-state index in [1.807, 2.05) is 4.90 Å². The van der Waals surface area contributed by atoms with Crippen LogP contribution in [0.2, 0.25) is 0 Å². The van der Waals surface area contributed by atoms with Gasteiger partial charge in [-0.3, -0.25) is 9.89 Å². The lowest BCUT2D eigenvalue weighted by Crippen LogP contribution is -2.42. The van der Waals surface area contributed by atoms with E-state index in [1.165, 1.54) is 43.9 Å². The van der Waals surface area contributed by atoms with Gasteiger partial charge in [0, 0.05) is 18.5 Å². The van der Waals surface area contributed by atoms with E-state index in [0.29, 0.717) is 17.7 Å². The predicted octanol–water partition coefficient (Wildman–Crippen LogP) is 2.96. The molecule has 116 valence electrons. The molecule has 1 unspecified atom stereocenters. The van der Waals surface area contributed by atoms with Crippen LogP contribution in [0.1, 0.15) is 63.6 Å². The van der Waals surface area contributed by atoms with Crippen molar-refractivity contribution >= 4 is 17.7 Å². The van der Waals surface area contributed by atoms with Crippen molar-refractivity contribution in [2.24, 2.45) is 0 Å². The van der Waals surface area contributed by atoms with Crippen LogP contribution in [-0.4, -0.2) is 44.3 Å². The zero-order valence-corrected chi connectivity index (χ0v) is 13.5. The summed E-state index contributed by atoms with van der Waals surface area (Å²) in [5, 5.41) is 8.02. The molecule has 0 aromatic carbocycles. The van der Waals surface area contributed by atoms with Crippen LogP contribution in [0.5, 0.6) is 0 Å². The minimum absolute atomic E-state index is 0.222. The van der Waals surface area contributed by atoms with Crippen LogP contribution in [0.15, 0.2) is 5.16 Å². The van der Waals surface area contributed by atoms with Gasteiger partial charge in [-0.2, -0.15) is 0 Å². The lowest BCUT2D eigenvalue weighted by atomic mass is 10.0. The molecule has 1 aliphatic heterocycles. The maximum absolute atomic E-state index is 12.3. The van der Waals surface area contributed by atoms with Crippen LogP contribution in [-0.2, 0) is 4.79 Å². The van der Waals surface area contributed by atoms with E-state index in [0.717, 1.165) is 30.4 Å². The molecule has 1 saturated heterocycles. The number of amides is 1. The topological polar surface area (TPSA) is 61.9 Å². The van der Waals surface area contributed by atoms with E-state index in [9.17, 15) is 4.79 Å². The first-order valence-corrected chi connectivity index (χ1v) is 9.07. The van der Waals surface area contributed by atoms with Gasteiger partial charge in [0.05, 0.1) is 5.75 Å². The van der Waals surface area contributed by atoms with Crippen molar-refractivity contribution in [1.29, 1.82) is 0 Å². The first-order valence-electron chi connectivity index (χ1n) is 8.08. The molecule has 1 aromatic rings. The van der Waals surface area contributed by atoms with Crippen LogP contribution in [0.3, 0.4) is 0 Å². The van der Waals surface area contributed by atoms with E-state index in [-0.39, 0.29) is 5.91 Å². The predicted molar refractivity (Wildman–Crippen MR) is 83.3 cm³/mol. The van der Waals surface area contributed by atoms with Crippen molar-refractivity contribution in [1.82, 2.24) is 20.1 Å². The molecule has 21 heavy (non-hydrogen) atoms. The lowest BCUT2D eigenvalue weighted by molar-refractivity contribution is -0.131. The van der Waals surface area contributed by atoms with Crippen LogP contribution >= 0.6 is 11.8 Å². The Kier molecular flexibility index (Phi) is 4.83. The highest BCUT2D eigenvalue weighted by Crippen LogP contribution is 2.32. The fourth-order valence-electron chi connectivity index (χ4n) is 3.38. The third-order valence-electron chi connectivity index (χ3n) is 4.67. The highest BCUT2D eigenvalue weighted by atomic mass is 32.2. The van der Waals surface area contributed by atoms with Gasteiger partial charge in [-0.1, -0.05) is 24.6 Å². The summed E-state index contributed by atoms with van der Waals surface area (Å²) in [6, 6.07) is 0.382. The molecule has 1 aliphatic carbocycles. The molecule has 2 fully saturated rings. The van der Waals surface area contributed by atoms with Gasteiger partial charge in [0.15, 0.2) is 0 Å². The number of aromatic amines is 1. The van der Waals surface area contributed by atoms with E-state index in [4.69, 9.17) is 0 Å². The number of piperidine rings is 1. The molecular weight excluding hydrogens is 284 g/mol. The van der Waals surface area contributed by atoms with E-state index < -0.39 is 0 Å². The molecular formula is C15H24N4OS. The number of likely N-dealkylation sites (tertiary alicyclic amines) is 1. The second kappa shape index (κ2) is 6.81. The summed E-state index contributed by atoms with van der Waals surface area (Å²) in [5.74, 6) is 2.23. The van der Waals surface area contributed by atoms with E-state index in [2.05, 4.69) is 22.1 Å². The number of nitrogens with one attached hydrogen (secondary N) is 1. The number of thioether (sulfide) groups is 1. The molecule has 2 aliphatic rings. The number of carbonyl (C=O) groups is 1. The van der Waals surface area contributed by atoms with Crippen molar-refractivity contribution in [2.45, 2.75) is 69.0 Å². The zero-order valence-electron chi connectivity index (χ0n) is 12.7. The fourth-order valence-corrected chi connectivity index (χ4v) is 4.07. The Morgan fingerprint density at radius 3 is 2.81 bits per heavy atom.